The Morgan fingerprint density at radius 2 is 1.53 bits per heavy atom. The van der Waals surface area contributed by atoms with E-state index in [0.29, 0.717) is 5.41 Å². The maximum Gasteiger partial charge on any atom is 0.0467 e. The van der Waals surface area contributed by atoms with Crippen LogP contribution in [0.2, 0.25) is 0 Å². The molecule has 0 aliphatic carbocycles. The van der Waals surface area contributed by atoms with E-state index in [0.717, 1.165) is 6.54 Å². The third-order valence-electron chi connectivity index (χ3n) is 4.23. The molecule has 0 bridgehead atoms. The van der Waals surface area contributed by atoms with E-state index in [1.54, 1.807) is 0 Å². The monoisotopic (exact) mass is 229 g/mol. The highest BCUT2D eigenvalue weighted by molar-refractivity contribution is 5.64. The van der Waals surface area contributed by atoms with Gasteiger partial charge in [0.15, 0.2) is 0 Å². The van der Waals surface area contributed by atoms with Crippen molar-refractivity contribution in [1.29, 1.82) is 0 Å². The van der Waals surface area contributed by atoms with Crippen molar-refractivity contribution in [1.82, 2.24) is 0 Å². The molecule has 0 amide bonds. The summed E-state index contributed by atoms with van der Waals surface area (Å²) in [4.78, 5) is 2.49. The van der Waals surface area contributed by atoms with Crippen LogP contribution in [0.5, 0.6) is 0 Å². The first-order chi connectivity index (χ1) is 7.84. The standard InChI is InChI=1S/C16H23N/c1-11-8-7-9-12(2)15(11)17-10-16(5,6)13(3)14(17)4/h7-9H,10H2,1-6H3. The largest absolute Gasteiger partial charge is 0.344 e. The number of anilines is 1. The van der Waals surface area contributed by atoms with E-state index in [4.69, 9.17) is 0 Å². The van der Waals surface area contributed by atoms with Gasteiger partial charge in [-0.2, -0.15) is 0 Å². The van der Waals surface area contributed by atoms with Gasteiger partial charge in [-0.05, 0) is 44.4 Å². The second-order valence-electron chi connectivity index (χ2n) is 5.92. The summed E-state index contributed by atoms with van der Waals surface area (Å²) in [6.07, 6.45) is 0. The lowest BCUT2D eigenvalue weighted by Crippen LogP contribution is -2.26. The quantitative estimate of drug-likeness (QED) is 0.688. The summed E-state index contributed by atoms with van der Waals surface area (Å²) in [5, 5.41) is 0. The van der Waals surface area contributed by atoms with Crippen molar-refractivity contribution in [3.8, 4) is 0 Å². The van der Waals surface area contributed by atoms with Crippen molar-refractivity contribution in [2.75, 3.05) is 11.4 Å². The van der Waals surface area contributed by atoms with Crippen molar-refractivity contribution >= 4 is 5.69 Å². The maximum absolute atomic E-state index is 2.49. The topological polar surface area (TPSA) is 3.24 Å². The Balaban J connectivity index is 2.52. The van der Waals surface area contributed by atoms with Crippen molar-refractivity contribution in [2.45, 2.75) is 41.5 Å². The highest BCUT2D eigenvalue weighted by atomic mass is 15.2. The van der Waals surface area contributed by atoms with Gasteiger partial charge in [-0.25, -0.2) is 0 Å². The first-order valence-corrected chi connectivity index (χ1v) is 6.36. The van der Waals surface area contributed by atoms with Crippen LogP contribution in [0.1, 0.15) is 38.8 Å². The molecule has 1 aromatic rings. The Morgan fingerprint density at radius 3 is 1.94 bits per heavy atom. The van der Waals surface area contributed by atoms with Crippen LogP contribution in [-0.2, 0) is 0 Å². The van der Waals surface area contributed by atoms with Crippen LogP contribution in [0.4, 0.5) is 5.69 Å². The number of hydrogen-bond acceptors (Lipinski definition) is 1. The Morgan fingerprint density at radius 1 is 1.00 bits per heavy atom. The van der Waals surface area contributed by atoms with Crippen LogP contribution in [0.25, 0.3) is 0 Å². The van der Waals surface area contributed by atoms with Gasteiger partial charge in [0.2, 0.25) is 0 Å². The normalized spacial score (nSPS) is 19.1. The van der Waals surface area contributed by atoms with Gasteiger partial charge in [0.25, 0.3) is 0 Å². The summed E-state index contributed by atoms with van der Waals surface area (Å²) >= 11 is 0. The minimum atomic E-state index is 0.290. The molecular weight excluding hydrogens is 206 g/mol. The molecule has 0 atom stereocenters. The summed E-state index contributed by atoms with van der Waals surface area (Å²) in [5.74, 6) is 0. The van der Waals surface area contributed by atoms with E-state index in [1.807, 2.05) is 0 Å². The highest BCUT2D eigenvalue weighted by Crippen LogP contribution is 2.42. The van der Waals surface area contributed by atoms with E-state index in [1.165, 1.54) is 28.1 Å². The Bertz CT molecular complexity index is 460. The van der Waals surface area contributed by atoms with Gasteiger partial charge in [0.05, 0.1) is 0 Å². The average Bonchev–Trinajstić information content (AvgIpc) is 2.43. The van der Waals surface area contributed by atoms with Gasteiger partial charge >= 0.3 is 0 Å². The molecule has 0 unspecified atom stereocenters. The van der Waals surface area contributed by atoms with Gasteiger partial charge in [0, 0.05) is 23.3 Å². The van der Waals surface area contributed by atoms with E-state index >= 15 is 0 Å². The van der Waals surface area contributed by atoms with E-state index in [2.05, 4.69) is 64.6 Å². The molecule has 0 aromatic heterocycles. The second kappa shape index (κ2) is 3.90. The zero-order valence-electron chi connectivity index (χ0n) is 11.9. The number of aryl methyl sites for hydroxylation is 2. The third kappa shape index (κ3) is 1.88. The molecule has 1 aromatic carbocycles. The van der Waals surface area contributed by atoms with Crippen molar-refractivity contribution < 1.29 is 0 Å². The van der Waals surface area contributed by atoms with Gasteiger partial charge in [-0.3, -0.25) is 0 Å². The minimum Gasteiger partial charge on any atom is -0.344 e. The number of para-hydroxylation sites is 1. The first kappa shape index (κ1) is 12.2. The zero-order chi connectivity index (χ0) is 12.8. The molecular formula is C16H23N. The molecule has 0 fully saturated rings. The lowest BCUT2D eigenvalue weighted by Gasteiger charge is -2.27. The SMILES string of the molecule is CC1=C(C)C(C)(C)CN1c1c(C)cccc1C. The number of nitrogens with zero attached hydrogens (tertiary/aromatic N) is 1. The van der Waals surface area contributed by atoms with E-state index in [-0.39, 0.29) is 0 Å². The van der Waals surface area contributed by atoms with Crippen molar-refractivity contribution in [3.05, 3.63) is 40.6 Å². The molecule has 1 aliphatic rings. The van der Waals surface area contributed by atoms with Gasteiger partial charge in [-0.1, -0.05) is 32.0 Å². The number of rotatable bonds is 1. The second-order valence-corrected chi connectivity index (χ2v) is 5.92. The summed E-state index contributed by atoms with van der Waals surface area (Å²) < 4.78 is 0. The average molecular weight is 229 g/mol. The molecule has 1 nitrogen and oxygen atoms in total. The third-order valence-corrected chi connectivity index (χ3v) is 4.23. The van der Waals surface area contributed by atoms with Gasteiger partial charge in [0.1, 0.15) is 0 Å². The molecule has 92 valence electrons. The maximum atomic E-state index is 2.49. The lowest BCUT2D eigenvalue weighted by atomic mass is 9.87. The lowest BCUT2D eigenvalue weighted by molar-refractivity contribution is 0.485. The molecule has 0 saturated heterocycles. The minimum absolute atomic E-state index is 0.290. The molecule has 17 heavy (non-hydrogen) atoms. The van der Waals surface area contributed by atoms with Crippen molar-refractivity contribution in [3.63, 3.8) is 0 Å². The van der Waals surface area contributed by atoms with Crippen LogP contribution in [0, 0.1) is 19.3 Å². The Kier molecular flexibility index (Phi) is 2.81. The molecule has 0 N–H and O–H groups in total. The predicted octanol–water partition coefficient (Wildman–Crippen LogP) is 4.44. The Hall–Kier alpha value is -1.24. The van der Waals surface area contributed by atoms with Crippen LogP contribution in [-0.4, -0.2) is 6.54 Å². The smallest absolute Gasteiger partial charge is 0.0467 e. The molecule has 0 radical (unpaired) electrons. The van der Waals surface area contributed by atoms with Crippen molar-refractivity contribution in [2.24, 2.45) is 5.41 Å². The molecule has 1 heterocycles. The summed E-state index contributed by atoms with van der Waals surface area (Å²) in [6.45, 7) is 14.7. The number of benzene rings is 1. The molecule has 1 heteroatoms. The summed E-state index contributed by atoms with van der Waals surface area (Å²) in [5.41, 5.74) is 7.37. The van der Waals surface area contributed by atoms with Crippen LogP contribution < -0.4 is 4.90 Å². The van der Waals surface area contributed by atoms with Crippen LogP contribution in [0.3, 0.4) is 0 Å². The molecule has 0 saturated carbocycles. The number of allylic oxidation sites excluding steroid dienone is 1. The zero-order valence-corrected chi connectivity index (χ0v) is 11.9. The van der Waals surface area contributed by atoms with Crippen LogP contribution >= 0.6 is 0 Å². The van der Waals surface area contributed by atoms with Gasteiger partial charge in [-0.15, -0.1) is 0 Å². The van der Waals surface area contributed by atoms with E-state index in [9.17, 15) is 0 Å². The van der Waals surface area contributed by atoms with E-state index < -0.39 is 0 Å². The number of hydrogen-bond donors (Lipinski definition) is 0. The van der Waals surface area contributed by atoms with Crippen LogP contribution in [0.15, 0.2) is 29.5 Å². The Labute approximate surface area is 105 Å². The van der Waals surface area contributed by atoms with Gasteiger partial charge < -0.3 is 4.90 Å². The highest BCUT2D eigenvalue weighted by Gasteiger charge is 2.34. The first-order valence-electron chi connectivity index (χ1n) is 6.36. The fourth-order valence-electron chi connectivity index (χ4n) is 2.80. The molecule has 1 aliphatic heterocycles. The predicted molar refractivity (Wildman–Crippen MR) is 75.4 cm³/mol. The summed E-state index contributed by atoms with van der Waals surface area (Å²) in [7, 11) is 0. The fraction of sp³-hybridized carbons (Fsp3) is 0.500. The fourth-order valence-corrected chi connectivity index (χ4v) is 2.80. The summed E-state index contributed by atoms with van der Waals surface area (Å²) in [6, 6.07) is 6.55. The molecule has 0 spiro atoms. The molecule has 2 rings (SSSR count).